The number of aromatic nitrogens is 2. The van der Waals surface area contributed by atoms with Gasteiger partial charge in [-0.15, -0.1) is 0 Å². The molecule has 6 nitrogen and oxygen atoms in total. The molecule has 1 aromatic rings. The maximum Gasteiger partial charge on any atom is 0.308 e. The summed E-state index contributed by atoms with van der Waals surface area (Å²) < 4.78 is 1.83. The molecular formula is C17H27N3O3. The molecule has 0 bridgehead atoms. The van der Waals surface area contributed by atoms with Crippen LogP contribution < -0.4 is 5.32 Å². The highest BCUT2D eigenvalue weighted by Crippen LogP contribution is 2.24. The minimum atomic E-state index is -0.815. The average Bonchev–Trinajstić information content (AvgIpc) is 2.70. The molecule has 0 aliphatic heterocycles. The number of nitrogens with zero attached hydrogens (tertiary/aromatic N) is 2. The maximum atomic E-state index is 12.6. The van der Waals surface area contributed by atoms with E-state index in [1.54, 1.807) is 6.20 Å². The SMILES string of the molecule is Cc1c(C(=O)N[C@H]2CCCCC[C@H]2C(=O)O)cnn1CC(C)C. The summed E-state index contributed by atoms with van der Waals surface area (Å²) in [6, 6.07) is -0.296. The quantitative estimate of drug-likeness (QED) is 0.817. The van der Waals surface area contributed by atoms with Gasteiger partial charge in [0.05, 0.1) is 17.7 Å². The van der Waals surface area contributed by atoms with Crippen molar-refractivity contribution in [3.8, 4) is 0 Å². The zero-order chi connectivity index (χ0) is 17.0. The molecular weight excluding hydrogens is 294 g/mol. The Hall–Kier alpha value is -1.85. The molecule has 0 spiro atoms. The first-order valence-corrected chi connectivity index (χ1v) is 8.46. The Morgan fingerprint density at radius 3 is 2.70 bits per heavy atom. The first kappa shape index (κ1) is 17.5. The highest BCUT2D eigenvalue weighted by atomic mass is 16.4. The first-order chi connectivity index (χ1) is 10.9. The number of aliphatic carboxylic acids is 1. The van der Waals surface area contributed by atoms with Gasteiger partial charge in [-0.2, -0.15) is 5.10 Å². The van der Waals surface area contributed by atoms with Crippen LogP contribution in [-0.2, 0) is 11.3 Å². The Labute approximate surface area is 137 Å². The van der Waals surface area contributed by atoms with Gasteiger partial charge in [-0.25, -0.2) is 0 Å². The molecule has 1 aliphatic carbocycles. The van der Waals surface area contributed by atoms with E-state index in [0.29, 0.717) is 17.9 Å². The third-order valence-electron chi connectivity index (χ3n) is 4.54. The molecule has 0 saturated heterocycles. The van der Waals surface area contributed by atoms with E-state index < -0.39 is 11.9 Å². The molecule has 1 aliphatic rings. The van der Waals surface area contributed by atoms with E-state index in [2.05, 4.69) is 24.3 Å². The van der Waals surface area contributed by atoms with E-state index >= 15 is 0 Å². The van der Waals surface area contributed by atoms with Gasteiger partial charge < -0.3 is 10.4 Å². The van der Waals surface area contributed by atoms with Crippen LogP contribution in [0, 0.1) is 18.8 Å². The summed E-state index contributed by atoms with van der Waals surface area (Å²) in [5, 5.41) is 16.6. The number of carboxylic acid groups (broad SMARTS) is 1. The summed E-state index contributed by atoms with van der Waals surface area (Å²) in [6.07, 6.45) is 5.84. The molecule has 2 N–H and O–H groups in total. The second-order valence-corrected chi connectivity index (χ2v) is 6.88. The van der Waals surface area contributed by atoms with Crippen LogP contribution in [0.1, 0.15) is 62.0 Å². The summed E-state index contributed by atoms with van der Waals surface area (Å²) in [6.45, 7) is 6.85. The van der Waals surface area contributed by atoms with Crippen LogP contribution in [0.15, 0.2) is 6.20 Å². The fourth-order valence-electron chi connectivity index (χ4n) is 3.22. The van der Waals surface area contributed by atoms with Crippen LogP contribution in [0.2, 0.25) is 0 Å². The molecule has 2 atom stereocenters. The van der Waals surface area contributed by atoms with Gasteiger partial charge in [0.25, 0.3) is 5.91 Å². The molecule has 1 aromatic heterocycles. The molecule has 1 heterocycles. The summed E-state index contributed by atoms with van der Waals surface area (Å²) >= 11 is 0. The lowest BCUT2D eigenvalue weighted by Crippen LogP contribution is -2.43. The zero-order valence-corrected chi connectivity index (χ0v) is 14.2. The Kier molecular flexibility index (Phi) is 5.80. The van der Waals surface area contributed by atoms with E-state index in [1.807, 2.05) is 11.6 Å². The van der Waals surface area contributed by atoms with E-state index in [1.165, 1.54) is 0 Å². The average molecular weight is 321 g/mol. The molecule has 0 aromatic carbocycles. The van der Waals surface area contributed by atoms with Gasteiger partial charge >= 0.3 is 5.97 Å². The van der Waals surface area contributed by atoms with Gasteiger partial charge in [0, 0.05) is 18.3 Å². The fourth-order valence-corrected chi connectivity index (χ4v) is 3.22. The van der Waals surface area contributed by atoms with Crippen molar-refractivity contribution >= 4 is 11.9 Å². The highest BCUT2D eigenvalue weighted by molar-refractivity contribution is 5.95. The summed E-state index contributed by atoms with van der Waals surface area (Å²) in [4.78, 5) is 24.0. The van der Waals surface area contributed by atoms with Crippen LogP contribution in [-0.4, -0.2) is 32.8 Å². The van der Waals surface area contributed by atoms with Gasteiger partial charge in [0.15, 0.2) is 0 Å². The molecule has 1 amide bonds. The predicted octanol–water partition coefficient (Wildman–Crippen LogP) is 2.61. The van der Waals surface area contributed by atoms with Gasteiger partial charge in [-0.1, -0.05) is 33.1 Å². The van der Waals surface area contributed by atoms with Crippen molar-refractivity contribution in [2.75, 3.05) is 0 Å². The lowest BCUT2D eigenvalue weighted by atomic mass is 9.94. The van der Waals surface area contributed by atoms with Crippen molar-refractivity contribution in [2.45, 2.75) is 65.5 Å². The van der Waals surface area contributed by atoms with Crippen LogP contribution in [0.5, 0.6) is 0 Å². The monoisotopic (exact) mass is 321 g/mol. The van der Waals surface area contributed by atoms with Crippen molar-refractivity contribution in [3.05, 3.63) is 17.5 Å². The van der Waals surface area contributed by atoms with Crippen LogP contribution in [0.4, 0.5) is 0 Å². The summed E-state index contributed by atoms with van der Waals surface area (Å²) in [7, 11) is 0. The molecule has 1 saturated carbocycles. The van der Waals surface area contributed by atoms with Crippen molar-refractivity contribution in [3.63, 3.8) is 0 Å². The summed E-state index contributed by atoms with van der Waals surface area (Å²) in [5.74, 6) is -1.07. The molecule has 23 heavy (non-hydrogen) atoms. The Morgan fingerprint density at radius 1 is 1.35 bits per heavy atom. The number of carbonyl (C=O) groups is 2. The Bertz CT molecular complexity index is 565. The van der Waals surface area contributed by atoms with Crippen molar-refractivity contribution < 1.29 is 14.7 Å². The Balaban J connectivity index is 2.11. The van der Waals surface area contributed by atoms with Gasteiger partial charge in [-0.3, -0.25) is 14.3 Å². The number of carbonyl (C=O) groups excluding carboxylic acids is 1. The molecule has 0 radical (unpaired) electrons. The van der Waals surface area contributed by atoms with E-state index in [0.717, 1.165) is 37.9 Å². The number of hydrogen-bond acceptors (Lipinski definition) is 3. The second-order valence-electron chi connectivity index (χ2n) is 6.88. The lowest BCUT2D eigenvalue weighted by Gasteiger charge is -2.22. The smallest absolute Gasteiger partial charge is 0.308 e. The number of amides is 1. The van der Waals surface area contributed by atoms with Crippen molar-refractivity contribution in [2.24, 2.45) is 11.8 Å². The summed E-state index contributed by atoms with van der Waals surface area (Å²) in [5.41, 5.74) is 1.37. The van der Waals surface area contributed by atoms with Gasteiger partial charge in [0.1, 0.15) is 0 Å². The third-order valence-corrected chi connectivity index (χ3v) is 4.54. The molecule has 0 unspecified atom stereocenters. The topological polar surface area (TPSA) is 84.2 Å². The van der Waals surface area contributed by atoms with Crippen molar-refractivity contribution in [1.29, 1.82) is 0 Å². The zero-order valence-electron chi connectivity index (χ0n) is 14.2. The molecule has 2 rings (SSSR count). The molecule has 6 heteroatoms. The molecule has 1 fully saturated rings. The second kappa shape index (κ2) is 7.62. The van der Waals surface area contributed by atoms with Gasteiger partial charge in [0.2, 0.25) is 0 Å². The minimum absolute atomic E-state index is 0.212. The number of carboxylic acids is 1. The third kappa shape index (κ3) is 4.33. The standard InChI is InChI=1S/C17H27N3O3/c1-11(2)10-20-12(3)14(9-18-20)16(21)19-15-8-6-4-5-7-13(15)17(22)23/h9,11,13,15H,4-8,10H2,1-3H3,(H,19,21)(H,22,23)/t13-,15+/m1/s1. The maximum absolute atomic E-state index is 12.6. The van der Waals surface area contributed by atoms with E-state index in [9.17, 15) is 14.7 Å². The largest absolute Gasteiger partial charge is 0.481 e. The lowest BCUT2D eigenvalue weighted by molar-refractivity contribution is -0.142. The van der Waals surface area contributed by atoms with Crippen molar-refractivity contribution in [1.82, 2.24) is 15.1 Å². The fraction of sp³-hybridized carbons (Fsp3) is 0.706. The van der Waals surface area contributed by atoms with E-state index in [4.69, 9.17) is 0 Å². The number of hydrogen-bond donors (Lipinski definition) is 2. The van der Waals surface area contributed by atoms with Crippen LogP contribution in [0.3, 0.4) is 0 Å². The van der Waals surface area contributed by atoms with E-state index in [-0.39, 0.29) is 11.9 Å². The number of nitrogens with one attached hydrogen (secondary N) is 1. The molecule has 128 valence electrons. The van der Waals surface area contributed by atoms with Crippen LogP contribution >= 0.6 is 0 Å². The highest BCUT2D eigenvalue weighted by Gasteiger charge is 2.31. The number of rotatable bonds is 5. The van der Waals surface area contributed by atoms with Crippen LogP contribution in [0.25, 0.3) is 0 Å². The van der Waals surface area contributed by atoms with Gasteiger partial charge in [-0.05, 0) is 25.7 Å². The predicted molar refractivity (Wildman–Crippen MR) is 87.3 cm³/mol. The first-order valence-electron chi connectivity index (χ1n) is 8.46. The minimum Gasteiger partial charge on any atom is -0.481 e. The Morgan fingerprint density at radius 2 is 2.04 bits per heavy atom. The normalized spacial score (nSPS) is 21.9.